The van der Waals surface area contributed by atoms with Crippen molar-refractivity contribution in [2.75, 3.05) is 24.5 Å². The zero-order chi connectivity index (χ0) is 20.1. The Kier molecular flexibility index (Phi) is 6.73. The number of carbonyl (C=O) groups is 2. The number of amides is 2. The molecule has 1 aromatic rings. The van der Waals surface area contributed by atoms with Crippen LogP contribution in [0.4, 0.5) is 5.69 Å². The topological polar surface area (TPSA) is 52.7 Å². The number of hydrogen-bond donors (Lipinski definition) is 1. The second-order valence-corrected chi connectivity index (χ2v) is 9.01. The van der Waals surface area contributed by atoms with E-state index in [9.17, 15) is 9.59 Å². The van der Waals surface area contributed by atoms with Crippen LogP contribution in [0, 0.1) is 5.92 Å². The lowest BCUT2D eigenvalue weighted by molar-refractivity contribution is -0.141. The van der Waals surface area contributed by atoms with E-state index in [-0.39, 0.29) is 17.7 Å². The Labute approximate surface area is 174 Å². The van der Waals surface area contributed by atoms with Crippen LogP contribution in [0.3, 0.4) is 0 Å². The van der Waals surface area contributed by atoms with E-state index in [1.807, 2.05) is 4.90 Å². The van der Waals surface area contributed by atoms with Gasteiger partial charge in [0.05, 0.1) is 5.92 Å². The highest BCUT2D eigenvalue weighted by Crippen LogP contribution is 2.27. The molecule has 2 saturated heterocycles. The molecule has 1 atom stereocenters. The van der Waals surface area contributed by atoms with Crippen molar-refractivity contribution in [2.24, 2.45) is 5.92 Å². The SMILES string of the molecule is O=C(NCc1cccc(N2CCCC2)c1)C1CCC(=O)N(C2CCCCCC2)C1. The van der Waals surface area contributed by atoms with Gasteiger partial charge in [0, 0.05) is 44.3 Å². The van der Waals surface area contributed by atoms with Crippen LogP contribution >= 0.6 is 0 Å². The lowest BCUT2D eigenvalue weighted by Crippen LogP contribution is -2.49. The molecule has 29 heavy (non-hydrogen) atoms. The van der Waals surface area contributed by atoms with E-state index >= 15 is 0 Å². The Bertz CT molecular complexity index is 706. The largest absolute Gasteiger partial charge is 0.372 e. The molecular formula is C24H35N3O2. The van der Waals surface area contributed by atoms with Crippen LogP contribution in [0.5, 0.6) is 0 Å². The third-order valence-electron chi connectivity index (χ3n) is 6.93. The van der Waals surface area contributed by atoms with Crippen LogP contribution in [-0.2, 0) is 16.1 Å². The predicted octanol–water partition coefficient (Wildman–Crippen LogP) is 3.86. The Morgan fingerprint density at radius 3 is 2.52 bits per heavy atom. The standard InChI is InChI=1S/C24H35N3O2/c28-23-13-12-20(18-27(23)21-9-3-1-2-4-10-21)24(29)25-17-19-8-7-11-22(16-19)26-14-5-6-15-26/h7-8,11,16,20-21H,1-6,9-10,12-15,17-18H2,(H,25,29). The Hall–Kier alpha value is -2.04. The molecule has 5 heteroatoms. The summed E-state index contributed by atoms with van der Waals surface area (Å²) in [6.45, 7) is 3.42. The summed E-state index contributed by atoms with van der Waals surface area (Å²) in [6.07, 6.45) is 10.9. The molecule has 158 valence electrons. The zero-order valence-corrected chi connectivity index (χ0v) is 17.6. The third-order valence-corrected chi connectivity index (χ3v) is 6.93. The summed E-state index contributed by atoms with van der Waals surface area (Å²) >= 11 is 0. The van der Waals surface area contributed by atoms with Gasteiger partial charge in [-0.1, -0.05) is 37.8 Å². The maximum atomic E-state index is 12.9. The van der Waals surface area contributed by atoms with Gasteiger partial charge in [-0.05, 0) is 49.8 Å². The highest BCUT2D eigenvalue weighted by atomic mass is 16.2. The van der Waals surface area contributed by atoms with E-state index < -0.39 is 0 Å². The van der Waals surface area contributed by atoms with Gasteiger partial charge in [0.25, 0.3) is 0 Å². The molecule has 1 unspecified atom stereocenters. The third kappa shape index (κ3) is 5.12. The highest BCUT2D eigenvalue weighted by Gasteiger charge is 2.34. The zero-order valence-electron chi connectivity index (χ0n) is 17.6. The first kappa shape index (κ1) is 20.2. The van der Waals surface area contributed by atoms with E-state index in [1.165, 1.54) is 44.2 Å². The van der Waals surface area contributed by atoms with Gasteiger partial charge in [0.2, 0.25) is 11.8 Å². The molecule has 5 nitrogen and oxygen atoms in total. The summed E-state index contributed by atoms with van der Waals surface area (Å²) in [7, 11) is 0. The summed E-state index contributed by atoms with van der Waals surface area (Å²) < 4.78 is 0. The maximum absolute atomic E-state index is 12.9. The summed E-state index contributed by atoms with van der Waals surface area (Å²) in [5.74, 6) is 0.277. The molecule has 0 aromatic heterocycles. The second kappa shape index (κ2) is 9.64. The predicted molar refractivity (Wildman–Crippen MR) is 116 cm³/mol. The van der Waals surface area contributed by atoms with Crippen LogP contribution in [-0.4, -0.2) is 42.4 Å². The Morgan fingerprint density at radius 2 is 1.76 bits per heavy atom. The molecule has 2 amide bonds. The number of piperidine rings is 1. The number of likely N-dealkylation sites (tertiary alicyclic amines) is 1. The summed E-state index contributed by atoms with van der Waals surface area (Å²) in [5, 5.41) is 3.14. The first-order valence-corrected chi connectivity index (χ1v) is 11.6. The van der Waals surface area contributed by atoms with Gasteiger partial charge in [-0.2, -0.15) is 0 Å². The number of hydrogen-bond acceptors (Lipinski definition) is 3. The molecular weight excluding hydrogens is 362 g/mol. The molecule has 0 bridgehead atoms. The van der Waals surface area contributed by atoms with Crippen LogP contribution in [0.1, 0.15) is 69.8 Å². The second-order valence-electron chi connectivity index (χ2n) is 9.01. The van der Waals surface area contributed by atoms with Crippen molar-refractivity contribution in [3.63, 3.8) is 0 Å². The number of anilines is 1. The number of nitrogens with one attached hydrogen (secondary N) is 1. The number of nitrogens with zero attached hydrogens (tertiary/aromatic N) is 2. The minimum atomic E-state index is -0.0716. The number of benzene rings is 1. The minimum Gasteiger partial charge on any atom is -0.372 e. The van der Waals surface area contributed by atoms with Crippen molar-refractivity contribution in [3.8, 4) is 0 Å². The van der Waals surface area contributed by atoms with Crippen molar-refractivity contribution in [1.29, 1.82) is 0 Å². The lowest BCUT2D eigenvalue weighted by atomic mass is 9.93. The highest BCUT2D eigenvalue weighted by molar-refractivity contribution is 5.84. The van der Waals surface area contributed by atoms with Crippen molar-refractivity contribution in [1.82, 2.24) is 10.2 Å². The summed E-state index contributed by atoms with van der Waals surface area (Å²) in [4.78, 5) is 29.8. The number of rotatable bonds is 5. The van der Waals surface area contributed by atoms with Crippen molar-refractivity contribution >= 4 is 17.5 Å². The summed E-state index contributed by atoms with van der Waals surface area (Å²) in [6, 6.07) is 8.88. The van der Waals surface area contributed by atoms with Gasteiger partial charge in [-0.25, -0.2) is 0 Å². The first-order valence-electron chi connectivity index (χ1n) is 11.6. The van der Waals surface area contributed by atoms with Crippen molar-refractivity contribution in [3.05, 3.63) is 29.8 Å². The van der Waals surface area contributed by atoms with E-state index in [2.05, 4.69) is 34.5 Å². The molecule has 1 saturated carbocycles. The monoisotopic (exact) mass is 397 g/mol. The quantitative estimate of drug-likeness (QED) is 0.768. The molecule has 2 heterocycles. The molecule has 1 N–H and O–H groups in total. The molecule has 1 aromatic carbocycles. The van der Waals surface area contributed by atoms with E-state index in [1.54, 1.807) is 0 Å². The van der Waals surface area contributed by atoms with Crippen molar-refractivity contribution < 1.29 is 9.59 Å². The van der Waals surface area contributed by atoms with Gasteiger partial charge in [0.15, 0.2) is 0 Å². The van der Waals surface area contributed by atoms with E-state index in [0.717, 1.165) is 31.5 Å². The average Bonchev–Trinajstić information content (AvgIpc) is 3.16. The van der Waals surface area contributed by atoms with Crippen molar-refractivity contribution in [2.45, 2.75) is 76.8 Å². The molecule has 0 radical (unpaired) electrons. The molecule has 0 spiro atoms. The first-order chi connectivity index (χ1) is 14.2. The van der Waals surface area contributed by atoms with Gasteiger partial charge in [-0.15, -0.1) is 0 Å². The normalized spacial score (nSPS) is 23.9. The average molecular weight is 398 g/mol. The molecule has 3 fully saturated rings. The summed E-state index contributed by atoms with van der Waals surface area (Å²) in [5.41, 5.74) is 2.41. The van der Waals surface area contributed by atoms with E-state index in [0.29, 0.717) is 32.0 Å². The fourth-order valence-electron chi connectivity index (χ4n) is 5.18. The number of carbonyl (C=O) groups excluding carboxylic acids is 2. The van der Waals surface area contributed by atoms with E-state index in [4.69, 9.17) is 0 Å². The maximum Gasteiger partial charge on any atom is 0.225 e. The van der Waals surface area contributed by atoms with Crippen LogP contribution < -0.4 is 10.2 Å². The van der Waals surface area contributed by atoms with Gasteiger partial charge >= 0.3 is 0 Å². The van der Waals surface area contributed by atoms with Gasteiger partial charge in [-0.3, -0.25) is 9.59 Å². The molecule has 2 aliphatic heterocycles. The Balaban J connectivity index is 1.32. The fourth-order valence-corrected chi connectivity index (χ4v) is 5.18. The lowest BCUT2D eigenvalue weighted by Gasteiger charge is -2.37. The van der Waals surface area contributed by atoms with Crippen LogP contribution in [0.25, 0.3) is 0 Å². The van der Waals surface area contributed by atoms with Gasteiger partial charge < -0.3 is 15.1 Å². The Morgan fingerprint density at radius 1 is 1.00 bits per heavy atom. The molecule has 3 aliphatic rings. The van der Waals surface area contributed by atoms with Gasteiger partial charge in [0.1, 0.15) is 0 Å². The molecule has 1 aliphatic carbocycles. The fraction of sp³-hybridized carbons (Fsp3) is 0.667. The minimum absolute atomic E-state index is 0.0716. The van der Waals surface area contributed by atoms with Crippen LogP contribution in [0.15, 0.2) is 24.3 Å². The van der Waals surface area contributed by atoms with Crippen LogP contribution in [0.2, 0.25) is 0 Å². The molecule has 4 rings (SSSR count). The smallest absolute Gasteiger partial charge is 0.225 e.